The van der Waals surface area contributed by atoms with Gasteiger partial charge in [0.05, 0.1) is 6.61 Å². The summed E-state index contributed by atoms with van der Waals surface area (Å²) in [6, 6.07) is 3.69. The molecule has 0 aromatic heterocycles. The van der Waals surface area contributed by atoms with Gasteiger partial charge in [-0.05, 0) is 19.9 Å². The van der Waals surface area contributed by atoms with Gasteiger partial charge in [-0.2, -0.15) is 0 Å². The summed E-state index contributed by atoms with van der Waals surface area (Å²) in [7, 11) is 0. The molecule has 1 rings (SSSR count). The van der Waals surface area contributed by atoms with Crippen LogP contribution in [0.5, 0.6) is 11.5 Å². The minimum absolute atomic E-state index is 0.0968. The quantitative estimate of drug-likeness (QED) is 0.817. The molecule has 0 aliphatic rings. The Morgan fingerprint density at radius 1 is 1.33 bits per heavy atom. The minimum atomic E-state index is -4.74. The fraction of sp³-hybridized carbons (Fsp3) is 0.417. The summed E-state index contributed by atoms with van der Waals surface area (Å²) >= 11 is 0. The molecular formula is C12H13F3O3. The first kappa shape index (κ1) is 14.3. The highest BCUT2D eigenvalue weighted by Gasteiger charge is 2.31. The van der Waals surface area contributed by atoms with Gasteiger partial charge in [-0.1, -0.05) is 6.07 Å². The third kappa shape index (κ3) is 4.65. The van der Waals surface area contributed by atoms with Crippen LogP contribution < -0.4 is 9.47 Å². The lowest BCUT2D eigenvalue weighted by Crippen LogP contribution is -2.17. The molecule has 1 aromatic carbocycles. The van der Waals surface area contributed by atoms with Crippen LogP contribution in [0.2, 0.25) is 0 Å². The van der Waals surface area contributed by atoms with Crippen molar-refractivity contribution in [1.29, 1.82) is 0 Å². The molecule has 0 atom stereocenters. The van der Waals surface area contributed by atoms with Crippen molar-refractivity contribution in [3.63, 3.8) is 0 Å². The zero-order valence-electron chi connectivity index (χ0n) is 10.0. The van der Waals surface area contributed by atoms with Crippen molar-refractivity contribution in [1.82, 2.24) is 0 Å². The molecule has 6 heteroatoms. The number of halogens is 3. The van der Waals surface area contributed by atoms with Crippen LogP contribution >= 0.6 is 0 Å². The number of rotatable bonds is 5. The summed E-state index contributed by atoms with van der Waals surface area (Å²) in [4.78, 5) is 11.0. The predicted octanol–water partition coefficient (Wildman–Crippen LogP) is 3.12. The van der Waals surface area contributed by atoms with Gasteiger partial charge in [-0.3, -0.25) is 4.79 Å². The zero-order valence-corrected chi connectivity index (χ0v) is 10.0. The van der Waals surface area contributed by atoms with Crippen LogP contribution in [0.1, 0.15) is 19.4 Å². The minimum Gasteiger partial charge on any atom is -0.493 e. The molecule has 0 unspecified atom stereocenters. The van der Waals surface area contributed by atoms with Crippen LogP contribution in [0.3, 0.4) is 0 Å². The molecule has 0 N–H and O–H groups in total. The molecule has 0 bridgehead atoms. The third-order valence-corrected chi connectivity index (χ3v) is 2.01. The standard InChI is InChI=1S/C12H13F3O3/c1-3-17-11-7-10(18-12(13,14)15)5-4-9(11)6-8(2)16/h4-5,7H,3,6H2,1-2H3. The molecule has 0 spiro atoms. The van der Waals surface area contributed by atoms with Crippen LogP contribution in [-0.2, 0) is 11.2 Å². The van der Waals surface area contributed by atoms with Crippen LogP contribution in [0.15, 0.2) is 18.2 Å². The van der Waals surface area contributed by atoms with Crippen LogP contribution in [0, 0.1) is 0 Å². The van der Waals surface area contributed by atoms with E-state index in [-0.39, 0.29) is 23.7 Å². The number of ether oxygens (including phenoxy) is 2. The largest absolute Gasteiger partial charge is 0.573 e. The molecule has 0 aliphatic heterocycles. The highest BCUT2D eigenvalue weighted by Crippen LogP contribution is 2.29. The van der Waals surface area contributed by atoms with Crippen molar-refractivity contribution in [2.45, 2.75) is 26.6 Å². The maximum absolute atomic E-state index is 12.1. The Bertz CT molecular complexity index is 427. The van der Waals surface area contributed by atoms with Gasteiger partial charge in [0.15, 0.2) is 0 Å². The van der Waals surface area contributed by atoms with Crippen molar-refractivity contribution in [3.05, 3.63) is 23.8 Å². The van der Waals surface area contributed by atoms with Crippen molar-refractivity contribution >= 4 is 5.78 Å². The molecule has 18 heavy (non-hydrogen) atoms. The Kier molecular flexibility index (Phi) is 4.58. The van der Waals surface area contributed by atoms with Crippen LogP contribution in [-0.4, -0.2) is 18.8 Å². The lowest BCUT2D eigenvalue weighted by molar-refractivity contribution is -0.274. The van der Waals surface area contributed by atoms with E-state index in [1.807, 2.05) is 0 Å². The number of benzene rings is 1. The number of ketones is 1. The zero-order chi connectivity index (χ0) is 13.8. The van der Waals surface area contributed by atoms with Gasteiger partial charge in [0, 0.05) is 18.1 Å². The number of carbonyl (C=O) groups excluding carboxylic acids is 1. The van der Waals surface area contributed by atoms with Crippen molar-refractivity contribution in [2.75, 3.05) is 6.61 Å². The Morgan fingerprint density at radius 3 is 2.50 bits per heavy atom. The van der Waals surface area contributed by atoms with E-state index in [0.29, 0.717) is 12.2 Å². The van der Waals surface area contributed by atoms with E-state index in [4.69, 9.17) is 4.74 Å². The molecule has 100 valence electrons. The van der Waals surface area contributed by atoms with E-state index in [9.17, 15) is 18.0 Å². The van der Waals surface area contributed by atoms with E-state index in [2.05, 4.69) is 4.74 Å². The molecule has 0 radical (unpaired) electrons. The summed E-state index contributed by atoms with van der Waals surface area (Å²) in [5.41, 5.74) is 0.541. The highest BCUT2D eigenvalue weighted by atomic mass is 19.4. The van der Waals surface area contributed by atoms with E-state index in [1.165, 1.54) is 13.0 Å². The van der Waals surface area contributed by atoms with Crippen molar-refractivity contribution in [2.24, 2.45) is 0 Å². The molecule has 0 amide bonds. The summed E-state index contributed by atoms with van der Waals surface area (Å²) < 4.78 is 45.1. The monoisotopic (exact) mass is 262 g/mol. The van der Waals surface area contributed by atoms with E-state index in [0.717, 1.165) is 12.1 Å². The first-order valence-corrected chi connectivity index (χ1v) is 5.32. The Balaban J connectivity index is 2.98. The fourth-order valence-corrected chi connectivity index (χ4v) is 1.44. The summed E-state index contributed by atoms with van der Waals surface area (Å²) in [6.45, 7) is 3.39. The smallest absolute Gasteiger partial charge is 0.493 e. The normalized spacial score (nSPS) is 11.2. The number of hydrogen-bond donors (Lipinski definition) is 0. The first-order chi connectivity index (χ1) is 8.31. The van der Waals surface area contributed by atoms with E-state index < -0.39 is 6.36 Å². The topological polar surface area (TPSA) is 35.5 Å². The second-order valence-corrected chi connectivity index (χ2v) is 3.63. The summed E-state index contributed by atoms with van der Waals surface area (Å²) in [5, 5.41) is 0. The van der Waals surface area contributed by atoms with Crippen LogP contribution in [0.4, 0.5) is 13.2 Å². The van der Waals surface area contributed by atoms with E-state index >= 15 is 0 Å². The van der Waals surface area contributed by atoms with Crippen molar-refractivity contribution < 1.29 is 27.4 Å². The Morgan fingerprint density at radius 2 is 2.00 bits per heavy atom. The van der Waals surface area contributed by atoms with Gasteiger partial charge in [-0.25, -0.2) is 0 Å². The molecule has 3 nitrogen and oxygen atoms in total. The van der Waals surface area contributed by atoms with Crippen molar-refractivity contribution in [3.8, 4) is 11.5 Å². The molecule has 0 saturated carbocycles. The lowest BCUT2D eigenvalue weighted by Gasteiger charge is -2.13. The first-order valence-electron chi connectivity index (χ1n) is 5.32. The molecule has 0 aliphatic carbocycles. The maximum atomic E-state index is 12.1. The lowest BCUT2D eigenvalue weighted by atomic mass is 10.1. The average Bonchev–Trinajstić information content (AvgIpc) is 2.19. The second kappa shape index (κ2) is 5.75. The van der Waals surface area contributed by atoms with Gasteiger partial charge in [0.2, 0.25) is 0 Å². The summed E-state index contributed by atoms with van der Waals surface area (Å²) in [5.74, 6) is -0.229. The maximum Gasteiger partial charge on any atom is 0.573 e. The SMILES string of the molecule is CCOc1cc(OC(F)(F)F)ccc1CC(C)=O. The van der Waals surface area contributed by atoms with Gasteiger partial charge in [0.1, 0.15) is 17.3 Å². The molecule has 0 heterocycles. The number of carbonyl (C=O) groups is 1. The molecule has 1 aromatic rings. The Hall–Kier alpha value is -1.72. The molecule has 0 saturated heterocycles. The number of alkyl halides is 3. The molecule has 0 fully saturated rings. The average molecular weight is 262 g/mol. The van der Waals surface area contributed by atoms with Gasteiger partial charge < -0.3 is 9.47 Å². The van der Waals surface area contributed by atoms with Gasteiger partial charge in [0.25, 0.3) is 0 Å². The van der Waals surface area contributed by atoms with Gasteiger partial charge in [-0.15, -0.1) is 13.2 Å². The Labute approximate surface area is 103 Å². The second-order valence-electron chi connectivity index (χ2n) is 3.63. The van der Waals surface area contributed by atoms with Crippen LogP contribution in [0.25, 0.3) is 0 Å². The van der Waals surface area contributed by atoms with E-state index in [1.54, 1.807) is 6.92 Å². The number of hydrogen-bond acceptors (Lipinski definition) is 3. The predicted molar refractivity (Wildman–Crippen MR) is 58.7 cm³/mol. The third-order valence-electron chi connectivity index (χ3n) is 2.01. The van der Waals surface area contributed by atoms with Gasteiger partial charge >= 0.3 is 6.36 Å². The summed E-state index contributed by atoms with van der Waals surface area (Å²) in [6.07, 6.45) is -4.63. The molecular weight excluding hydrogens is 249 g/mol. The highest BCUT2D eigenvalue weighted by molar-refractivity contribution is 5.79. The fourth-order valence-electron chi connectivity index (χ4n) is 1.44. The number of Topliss-reactive ketones (excluding diaryl/α,β-unsaturated/α-hetero) is 1.